The Labute approximate surface area is 149 Å². The third kappa shape index (κ3) is 2.36. The van der Waals surface area contributed by atoms with E-state index in [1.165, 1.54) is 89.9 Å². The van der Waals surface area contributed by atoms with Crippen LogP contribution in [-0.4, -0.2) is 11.2 Å². The van der Waals surface area contributed by atoms with E-state index in [-0.39, 0.29) is 6.10 Å². The molecule has 0 aliphatic heterocycles. The molecule has 0 aromatic rings. The number of fused-ring (bicyclic) bond motifs is 1. The molecule has 24 heavy (non-hydrogen) atoms. The zero-order valence-corrected chi connectivity index (χ0v) is 15.8. The van der Waals surface area contributed by atoms with Crippen LogP contribution < -0.4 is 0 Å². The Morgan fingerprint density at radius 3 is 2.17 bits per heavy atom. The normalized spacial score (nSPS) is 55.0. The second-order valence-corrected chi connectivity index (χ2v) is 10.9. The first-order chi connectivity index (χ1) is 11.6. The van der Waals surface area contributed by atoms with Gasteiger partial charge < -0.3 is 5.11 Å². The summed E-state index contributed by atoms with van der Waals surface area (Å²) in [5, 5.41) is 11.3. The van der Waals surface area contributed by atoms with Crippen LogP contribution >= 0.6 is 0 Å². The van der Waals surface area contributed by atoms with Gasteiger partial charge in [-0.05, 0) is 99.2 Å². The van der Waals surface area contributed by atoms with Crippen molar-refractivity contribution < 1.29 is 5.11 Å². The zero-order valence-electron chi connectivity index (χ0n) is 15.8. The van der Waals surface area contributed by atoms with Crippen LogP contribution in [0, 0.1) is 40.4 Å². The van der Waals surface area contributed by atoms with Gasteiger partial charge in [-0.25, -0.2) is 0 Å². The van der Waals surface area contributed by atoms with Gasteiger partial charge in [-0.2, -0.15) is 0 Å². The number of hydrogen-bond donors (Lipinski definition) is 1. The van der Waals surface area contributed by atoms with Gasteiger partial charge in [0.15, 0.2) is 0 Å². The van der Waals surface area contributed by atoms with Crippen LogP contribution in [0.25, 0.3) is 0 Å². The van der Waals surface area contributed by atoms with Crippen LogP contribution in [0.4, 0.5) is 0 Å². The Balaban J connectivity index is 1.19. The van der Waals surface area contributed by atoms with Crippen molar-refractivity contribution in [2.24, 2.45) is 40.4 Å². The van der Waals surface area contributed by atoms with Crippen molar-refractivity contribution in [3.05, 3.63) is 0 Å². The van der Waals surface area contributed by atoms with Crippen LogP contribution in [0.15, 0.2) is 0 Å². The fourth-order valence-electron chi connectivity index (χ4n) is 8.32. The highest BCUT2D eigenvalue weighted by atomic mass is 16.3. The summed E-state index contributed by atoms with van der Waals surface area (Å²) in [4.78, 5) is 0. The van der Waals surface area contributed by atoms with E-state index in [2.05, 4.69) is 6.92 Å². The van der Waals surface area contributed by atoms with Crippen LogP contribution in [0.5, 0.6) is 0 Å². The fraction of sp³-hybridized carbons (Fsp3) is 1.00. The molecule has 0 aromatic carbocycles. The molecule has 2 bridgehead atoms. The molecule has 5 aliphatic carbocycles. The quantitative estimate of drug-likeness (QED) is 0.678. The van der Waals surface area contributed by atoms with Gasteiger partial charge in [0.05, 0.1) is 6.10 Å². The minimum Gasteiger partial charge on any atom is -0.392 e. The van der Waals surface area contributed by atoms with Crippen molar-refractivity contribution in [1.29, 1.82) is 0 Å². The minimum atomic E-state index is 0.0490. The van der Waals surface area contributed by atoms with Gasteiger partial charge in [0.2, 0.25) is 0 Å². The molecule has 5 fully saturated rings. The Hall–Kier alpha value is -0.0400. The average Bonchev–Trinajstić information content (AvgIpc) is 3.14. The summed E-state index contributed by atoms with van der Waals surface area (Å²) in [6.07, 6.45) is 20.1. The maximum Gasteiger partial charge on any atom is 0.0630 e. The first kappa shape index (κ1) is 16.2. The van der Waals surface area contributed by atoms with Crippen molar-refractivity contribution in [3.63, 3.8) is 0 Å². The van der Waals surface area contributed by atoms with E-state index in [1.807, 2.05) is 0 Å². The summed E-state index contributed by atoms with van der Waals surface area (Å²) >= 11 is 0. The van der Waals surface area contributed by atoms with E-state index in [1.54, 1.807) is 0 Å². The summed E-state index contributed by atoms with van der Waals surface area (Å²) in [7, 11) is 0. The molecule has 1 spiro atoms. The predicted octanol–water partition coefficient (Wildman–Crippen LogP) is 5.95. The molecule has 5 rings (SSSR count). The van der Waals surface area contributed by atoms with E-state index < -0.39 is 0 Å². The third-order valence-corrected chi connectivity index (χ3v) is 9.74. The molecule has 1 heteroatoms. The standard InChI is InChI=1S/C23H38O/c1-16-4-6-18(7-5-16)19-8-10-20(11-9-19)21(24)23-14-17-3-2-12-22(23,13-17)15-23/h16-21,24H,2-15H2,1H3. The van der Waals surface area contributed by atoms with Crippen molar-refractivity contribution in [1.82, 2.24) is 0 Å². The maximum atomic E-state index is 11.3. The second-order valence-electron chi connectivity index (χ2n) is 10.9. The van der Waals surface area contributed by atoms with Crippen molar-refractivity contribution in [2.45, 2.75) is 103 Å². The van der Waals surface area contributed by atoms with Gasteiger partial charge in [0.25, 0.3) is 0 Å². The Bertz CT molecular complexity index is 470. The monoisotopic (exact) mass is 330 g/mol. The lowest BCUT2D eigenvalue weighted by atomic mass is 9.67. The fourth-order valence-corrected chi connectivity index (χ4v) is 8.32. The molecule has 1 nitrogen and oxygen atoms in total. The lowest BCUT2D eigenvalue weighted by Gasteiger charge is -2.40. The molecule has 5 aliphatic rings. The highest BCUT2D eigenvalue weighted by Gasteiger charge is 2.75. The van der Waals surface area contributed by atoms with E-state index in [4.69, 9.17) is 0 Å². The van der Waals surface area contributed by atoms with Crippen molar-refractivity contribution >= 4 is 0 Å². The smallest absolute Gasteiger partial charge is 0.0630 e. The van der Waals surface area contributed by atoms with Crippen LogP contribution in [-0.2, 0) is 0 Å². The molecular formula is C23H38O. The summed E-state index contributed by atoms with van der Waals surface area (Å²) in [5.74, 6) is 4.61. The van der Waals surface area contributed by atoms with Gasteiger partial charge in [-0.1, -0.05) is 32.6 Å². The molecule has 0 aromatic heterocycles. The summed E-state index contributed by atoms with van der Waals surface area (Å²) in [5.41, 5.74) is 1.01. The lowest BCUT2D eigenvalue weighted by Crippen LogP contribution is -2.36. The summed E-state index contributed by atoms with van der Waals surface area (Å²) in [6, 6.07) is 0. The zero-order chi connectivity index (χ0) is 16.4. The molecule has 0 radical (unpaired) electrons. The van der Waals surface area contributed by atoms with Crippen LogP contribution in [0.1, 0.15) is 96.8 Å². The number of hydrogen-bond acceptors (Lipinski definition) is 1. The third-order valence-electron chi connectivity index (χ3n) is 9.74. The van der Waals surface area contributed by atoms with Gasteiger partial charge in [-0.3, -0.25) is 0 Å². The Morgan fingerprint density at radius 2 is 1.50 bits per heavy atom. The largest absolute Gasteiger partial charge is 0.392 e. The Kier molecular flexibility index (Phi) is 3.86. The van der Waals surface area contributed by atoms with Gasteiger partial charge in [0, 0.05) is 5.41 Å². The molecular weight excluding hydrogens is 292 g/mol. The van der Waals surface area contributed by atoms with E-state index >= 15 is 0 Å². The highest BCUT2D eigenvalue weighted by Crippen LogP contribution is 2.81. The molecule has 1 N–H and O–H groups in total. The first-order valence-electron chi connectivity index (χ1n) is 11.3. The maximum absolute atomic E-state index is 11.3. The highest BCUT2D eigenvalue weighted by molar-refractivity contribution is 5.24. The summed E-state index contributed by atoms with van der Waals surface area (Å²) in [6.45, 7) is 2.44. The van der Waals surface area contributed by atoms with Gasteiger partial charge >= 0.3 is 0 Å². The molecule has 0 amide bonds. The molecule has 136 valence electrons. The van der Waals surface area contributed by atoms with Crippen LogP contribution in [0.2, 0.25) is 0 Å². The SMILES string of the molecule is CC1CCC(C2CCC(C(O)C34CC5CCCC3(C5)C4)CC2)CC1. The average molecular weight is 331 g/mol. The Morgan fingerprint density at radius 1 is 0.833 bits per heavy atom. The molecule has 4 unspecified atom stereocenters. The first-order valence-corrected chi connectivity index (χ1v) is 11.3. The topological polar surface area (TPSA) is 20.2 Å². The summed E-state index contributed by atoms with van der Waals surface area (Å²) < 4.78 is 0. The second kappa shape index (κ2) is 5.73. The molecule has 5 saturated carbocycles. The van der Waals surface area contributed by atoms with Gasteiger partial charge in [-0.15, -0.1) is 0 Å². The van der Waals surface area contributed by atoms with Crippen molar-refractivity contribution in [3.8, 4) is 0 Å². The van der Waals surface area contributed by atoms with E-state index in [0.29, 0.717) is 16.7 Å². The number of aliphatic hydroxyl groups excluding tert-OH is 1. The van der Waals surface area contributed by atoms with Crippen LogP contribution in [0.3, 0.4) is 0 Å². The van der Waals surface area contributed by atoms with Gasteiger partial charge in [0.1, 0.15) is 0 Å². The lowest BCUT2D eigenvalue weighted by molar-refractivity contribution is -0.00515. The number of rotatable bonds is 3. The number of aliphatic hydroxyl groups is 1. The molecule has 0 saturated heterocycles. The van der Waals surface area contributed by atoms with E-state index in [9.17, 15) is 5.11 Å². The van der Waals surface area contributed by atoms with Crippen molar-refractivity contribution in [2.75, 3.05) is 0 Å². The molecule has 0 heterocycles. The molecule has 4 atom stereocenters. The predicted molar refractivity (Wildman–Crippen MR) is 98.6 cm³/mol. The van der Waals surface area contributed by atoms with E-state index in [0.717, 1.165) is 23.7 Å². The minimum absolute atomic E-state index is 0.0490.